The molecule has 0 atom stereocenters. The van der Waals surface area contributed by atoms with Gasteiger partial charge in [0.05, 0.1) is 6.26 Å². The van der Waals surface area contributed by atoms with Gasteiger partial charge in [-0.1, -0.05) is 45.7 Å². The van der Waals surface area contributed by atoms with Gasteiger partial charge in [0.25, 0.3) is 0 Å². The lowest BCUT2D eigenvalue weighted by molar-refractivity contribution is 0.200. The zero-order chi connectivity index (χ0) is 16.2. The SMILES string of the molecule is CCC.CCCCNC(=O)Oc1cccc(-c2ccco2)c1. The molecule has 1 amide bonds. The van der Waals surface area contributed by atoms with Crippen molar-refractivity contribution in [3.8, 4) is 17.1 Å². The summed E-state index contributed by atoms with van der Waals surface area (Å²) in [5.74, 6) is 1.25. The van der Waals surface area contributed by atoms with Crippen molar-refractivity contribution in [1.82, 2.24) is 5.32 Å². The molecule has 0 saturated heterocycles. The first kappa shape index (κ1) is 17.8. The Morgan fingerprint density at radius 3 is 2.59 bits per heavy atom. The minimum absolute atomic E-state index is 0.426. The highest BCUT2D eigenvalue weighted by atomic mass is 16.6. The fourth-order valence-electron chi connectivity index (χ4n) is 1.67. The van der Waals surface area contributed by atoms with Crippen molar-refractivity contribution in [2.75, 3.05) is 6.54 Å². The van der Waals surface area contributed by atoms with Crippen LogP contribution in [0, 0.1) is 0 Å². The maximum absolute atomic E-state index is 11.5. The van der Waals surface area contributed by atoms with Crippen LogP contribution in [0.1, 0.15) is 40.0 Å². The van der Waals surface area contributed by atoms with Crippen LogP contribution in [-0.2, 0) is 0 Å². The van der Waals surface area contributed by atoms with Crippen LogP contribution in [0.25, 0.3) is 11.3 Å². The van der Waals surface area contributed by atoms with E-state index in [1.54, 1.807) is 18.4 Å². The number of unbranched alkanes of at least 4 members (excludes halogenated alkanes) is 1. The Morgan fingerprint density at radius 2 is 1.95 bits per heavy atom. The summed E-state index contributed by atoms with van der Waals surface area (Å²) in [6.07, 6.45) is 4.42. The molecule has 0 aliphatic carbocycles. The number of rotatable bonds is 5. The van der Waals surface area contributed by atoms with Gasteiger partial charge >= 0.3 is 6.09 Å². The van der Waals surface area contributed by atoms with Gasteiger partial charge in [0.2, 0.25) is 0 Å². The van der Waals surface area contributed by atoms with Crippen LogP contribution in [0.15, 0.2) is 47.1 Å². The summed E-state index contributed by atoms with van der Waals surface area (Å²) in [5.41, 5.74) is 0.879. The van der Waals surface area contributed by atoms with Crippen LogP contribution >= 0.6 is 0 Å². The quantitative estimate of drug-likeness (QED) is 0.767. The number of hydrogen-bond acceptors (Lipinski definition) is 3. The van der Waals surface area contributed by atoms with Crippen molar-refractivity contribution >= 4 is 6.09 Å². The third kappa shape index (κ3) is 6.48. The van der Waals surface area contributed by atoms with Crippen LogP contribution in [0.5, 0.6) is 5.75 Å². The number of furan rings is 1. The van der Waals surface area contributed by atoms with Gasteiger partial charge in [0.15, 0.2) is 0 Å². The Hall–Kier alpha value is -2.23. The highest BCUT2D eigenvalue weighted by Gasteiger charge is 2.06. The van der Waals surface area contributed by atoms with E-state index in [1.165, 1.54) is 6.42 Å². The number of carbonyl (C=O) groups excluding carboxylic acids is 1. The van der Waals surface area contributed by atoms with E-state index in [-0.39, 0.29) is 0 Å². The van der Waals surface area contributed by atoms with Gasteiger partial charge in [-0.15, -0.1) is 0 Å². The van der Waals surface area contributed by atoms with Crippen molar-refractivity contribution < 1.29 is 13.9 Å². The molecule has 0 fully saturated rings. The highest BCUT2D eigenvalue weighted by Crippen LogP contribution is 2.24. The molecule has 2 aromatic rings. The Bertz CT molecular complexity index is 535. The van der Waals surface area contributed by atoms with Crippen molar-refractivity contribution in [1.29, 1.82) is 0 Å². The third-order valence-electron chi connectivity index (χ3n) is 2.65. The van der Waals surface area contributed by atoms with Crippen LogP contribution in [0.4, 0.5) is 4.79 Å². The molecule has 0 saturated carbocycles. The number of amides is 1. The monoisotopic (exact) mass is 303 g/mol. The Kier molecular flexibility index (Phi) is 8.50. The van der Waals surface area contributed by atoms with Gasteiger partial charge in [-0.3, -0.25) is 0 Å². The Labute approximate surface area is 132 Å². The van der Waals surface area contributed by atoms with E-state index >= 15 is 0 Å². The summed E-state index contributed by atoms with van der Waals surface area (Å²) in [6.45, 7) is 6.95. The van der Waals surface area contributed by atoms with Crippen LogP contribution in [0.2, 0.25) is 0 Å². The summed E-state index contributed by atoms with van der Waals surface area (Å²) in [7, 11) is 0. The minimum Gasteiger partial charge on any atom is -0.464 e. The lowest BCUT2D eigenvalue weighted by Crippen LogP contribution is -2.27. The molecular weight excluding hydrogens is 278 g/mol. The van der Waals surface area contributed by atoms with Crippen molar-refractivity contribution in [3.63, 3.8) is 0 Å². The topological polar surface area (TPSA) is 51.5 Å². The highest BCUT2D eigenvalue weighted by molar-refractivity contribution is 5.71. The van der Waals surface area contributed by atoms with Gasteiger partial charge in [-0.05, 0) is 30.7 Å². The number of carbonyl (C=O) groups is 1. The van der Waals surface area contributed by atoms with E-state index in [0.717, 1.165) is 24.2 Å². The first-order valence-corrected chi connectivity index (χ1v) is 7.80. The van der Waals surface area contributed by atoms with Gasteiger partial charge < -0.3 is 14.5 Å². The number of ether oxygens (including phenoxy) is 1. The molecule has 1 heterocycles. The molecule has 1 N–H and O–H groups in total. The van der Waals surface area contributed by atoms with Crippen molar-refractivity contribution in [2.45, 2.75) is 40.0 Å². The average Bonchev–Trinajstić information content (AvgIpc) is 3.03. The average molecular weight is 303 g/mol. The van der Waals surface area contributed by atoms with Crippen molar-refractivity contribution in [2.24, 2.45) is 0 Å². The molecule has 0 unspecified atom stereocenters. The van der Waals surface area contributed by atoms with E-state index in [0.29, 0.717) is 12.3 Å². The number of benzene rings is 1. The second-order valence-corrected chi connectivity index (χ2v) is 4.88. The van der Waals surface area contributed by atoms with Gasteiger partial charge in [-0.25, -0.2) is 4.79 Å². The summed E-state index contributed by atoms with van der Waals surface area (Å²) < 4.78 is 10.5. The molecule has 0 aliphatic heterocycles. The molecule has 4 heteroatoms. The second kappa shape index (κ2) is 10.5. The van der Waals surface area contributed by atoms with Gasteiger partial charge in [0.1, 0.15) is 11.5 Å². The fraction of sp³-hybridized carbons (Fsp3) is 0.389. The zero-order valence-corrected chi connectivity index (χ0v) is 13.6. The van der Waals surface area contributed by atoms with E-state index in [1.807, 2.05) is 24.3 Å². The maximum Gasteiger partial charge on any atom is 0.412 e. The second-order valence-electron chi connectivity index (χ2n) is 4.88. The smallest absolute Gasteiger partial charge is 0.412 e. The normalized spacial score (nSPS) is 9.59. The lowest BCUT2D eigenvalue weighted by atomic mass is 10.2. The predicted octanol–water partition coefficient (Wildman–Crippen LogP) is 5.25. The summed E-state index contributed by atoms with van der Waals surface area (Å²) in [4.78, 5) is 11.5. The first-order chi connectivity index (χ1) is 10.7. The van der Waals surface area contributed by atoms with Crippen molar-refractivity contribution in [3.05, 3.63) is 42.7 Å². The Balaban J connectivity index is 0.000000745. The number of hydrogen-bond donors (Lipinski definition) is 1. The van der Waals surface area contributed by atoms with Crippen LogP contribution in [0.3, 0.4) is 0 Å². The molecule has 0 aliphatic rings. The predicted molar refractivity (Wildman–Crippen MR) is 89.0 cm³/mol. The Morgan fingerprint density at radius 1 is 1.18 bits per heavy atom. The van der Waals surface area contributed by atoms with E-state index in [2.05, 4.69) is 26.1 Å². The lowest BCUT2D eigenvalue weighted by Gasteiger charge is -2.06. The molecule has 4 nitrogen and oxygen atoms in total. The molecule has 1 aromatic carbocycles. The van der Waals surface area contributed by atoms with E-state index in [4.69, 9.17) is 9.15 Å². The fourth-order valence-corrected chi connectivity index (χ4v) is 1.67. The molecule has 1 aromatic heterocycles. The molecule has 2 rings (SSSR count). The van der Waals surface area contributed by atoms with Crippen LogP contribution in [-0.4, -0.2) is 12.6 Å². The van der Waals surface area contributed by atoms with Gasteiger partial charge in [-0.2, -0.15) is 0 Å². The molecule has 22 heavy (non-hydrogen) atoms. The molecule has 120 valence electrons. The summed E-state index contributed by atoms with van der Waals surface area (Å²) in [6, 6.07) is 10.9. The summed E-state index contributed by atoms with van der Waals surface area (Å²) >= 11 is 0. The summed E-state index contributed by atoms with van der Waals surface area (Å²) in [5, 5.41) is 2.70. The first-order valence-electron chi connectivity index (χ1n) is 7.80. The molecular formula is C18H25NO3. The van der Waals surface area contributed by atoms with E-state index < -0.39 is 6.09 Å². The van der Waals surface area contributed by atoms with Gasteiger partial charge in [0, 0.05) is 12.1 Å². The van der Waals surface area contributed by atoms with E-state index in [9.17, 15) is 4.79 Å². The standard InChI is InChI=1S/C15H17NO3.C3H8/c1-2-3-9-16-15(17)19-13-7-4-6-12(11-13)14-8-5-10-18-14;1-3-2/h4-8,10-11H,2-3,9H2,1H3,(H,16,17);3H2,1-2H3. The molecule has 0 spiro atoms. The number of nitrogens with one attached hydrogen (secondary N) is 1. The molecule has 0 radical (unpaired) electrons. The third-order valence-corrected chi connectivity index (χ3v) is 2.65. The molecule has 0 bridgehead atoms. The maximum atomic E-state index is 11.5. The largest absolute Gasteiger partial charge is 0.464 e. The zero-order valence-electron chi connectivity index (χ0n) is 13.6. The minimum atomic E-state index is -0.426. The van der Waals surface area contributed by atoms with Crippen LogP contribution < -0.4 is 10.1 Å².